The van der Waals surface area contributed by atoms with Crippen molar-refractivity contribution < 1.29 is 37.0 Å². The van der Waals surface area contributed by atoms with Gasteiger partial charge in [-0.2, -0.15) is 13.2 Å². The normalized spacial score (nSPS) is 11.3. The number of carboxylic acids is 1. The average molecular weight is 475 g/mol. The number of carbonyl (C=O) groups is 2. The minimum Gasteiger partial charge on any atom is -0.481 e. The van der Waals surface area contributed by atoms with E-state index in [2.05, 4.69) is 5.32 Å². The van der Waals surface area contributed by atoms with Crippen LogP contribution in [0.5, 0.6) is 0 Å². The summed E-state index contributed by atoms with van der Waals surface area (Å²) in [6.07, 6.45) is -4.99. The minimum atomic E-state index is -4.62. The molecule has 0 heterocycles. The van der Waals surface area contributed by atoms with Crippen LogP contribution >= 0.6 is 0 Å². The number of carbonyl (C=O) groups excluding carboxylic acids is 1. The summed E-state index contributed by atoms with van der Waals surface area (Å²) in [6.45, 7) is -0.399. The minimum absolute atomic E-state index is 0.0315. The summed E-state index contributed by atoms with van der Waals surface area (Å²) in [5.74, 6) is -2.44. The van der Waals surface area contributed by atoms with E-state index in [0.29, 0.717) is 5.56 Å². The molecule has 3 aromatic carbocycles. The molecule has 0 aliphatic carbocycles. The highest BCUT2D eigenvalue weighted by Gasteiger charge is 2.31. The van der Waals surface area contributed by atoms with E-state index < -0.39 is 29.5 Å². The van der Waals surface area contributed by atoms with Gasteiger partial charge in [0.1, 0.15) is 12.4 Å². The van der Waals surface area contributed by atoms with Crippen LogP contribution in [0.15, 0.2) is 66.7 Å². The number of hydrogen-bond acceptors (Lipinski definition) is 4. The Labute approximate surface area is 193 Å². The van der Waals surface area contributed by atoms with Gasteiger partial charge in [-0.05, 0) is 46.5 Å². The van der Waals surface area contributed by atoms with Crippen molar-refractivity contribution in [3.05, 3.63) is 94.8 Å². The average Bonchev–Trinajstić information content (AvgIpc) is 2.79. The van der Waals surface area contributed by atoms with Crippen molar-refractivity contribution in [2.45, 2.75) is 25.7 Å². The quantitative estimate of drug-likeness (QED) is 0.338. The number of rotatable bonds is 9. The number of nitrogens with one attached hydrogen (secondary N) is 1. The molecule has 0 aliphatic rings. The summed E-state index contributed by atoms with van der Waals surface area (Å²) in [5.41, 5.74) is 0.373. The van der Waals surface area contributed by atoms with Gasteiger partial charge in [-0.3, -0.25) is 9.59 Å². The second-order valence-electron chi connectivity index (χ2n) is 7.50. The lowest BCUT2D eigenvalue weighted by molar-refractivity contribution is -0.144. The molecule has 178 valence electrons. The molecule has 0 bridgehead atoms. The molecule has 0 aromatic heterocycles. The summed E-state index contributed by atoms with van der Waals surface area (Å²) in [5, 5.41) is 11.7. The highest BCUT2D eigenvalue weighted by molar-refractivity contribution is 5.74. The molecule has 5 nitrogen and oxygen atoms in total. The van der Waals surface area contributed by atoms with Gasteiger partial charge < -0.3 is 15.2 Å². The summed E-state index contributed by atoms with van der Waals surface area (Å²) < 4.78 is 59.5. The number of carboxylic acid groups (broad SMARTS) is 1. The zero-order valence-electron chi connectivity index (χ0n) is 17.9. The smallest absolute Gasteiger partial charge is 0.416 e. The first-order valence-electron chi connectivity index (χ1n) is 10.2. The van der Waals surface area contributed by atoms with E-state index in [-0.39, 0.29) is 42.8 Å². The molecule has 0 amide bonds. The van der Waals surface area contributed by atoms with E-state index in [9.17, 15) is 27.2 Å². The molecule has 3 rings (SSSR count). The first-order valence-corrected chi connectivity index (χ1v) is 10.2. The van der Waals surface area contributed by atoms with Crippen molar-refractivity contribution in [3.8, 4) is 11.1 Å². The largest absolute Gasteiger partial charge is 0.481 e. The van der Waals surface area contributed by atoms with Crippen LogP contribution in [0.2, 0.25) is 0 Å². The Morgan fingerprint density at radius 1 is 0.912 bits per heavy atom. The second-order valence-corrected chi connectivity index (χ2v) is 7.50. The van der Waals surface area contributed by atoms with Gasteiger partial charge >= 0.3 is 18.1 Å². The summed E-state index contributed by atoms with van der Waals surface area (Å²) in [4.78, 5) is 23.0. The SMILES string of the molecule is O=C(O)Cc1ccc(F)c(-c2ccc(C(F)(F)F)cc2CNCC(=O)OCc2ccccc2)c1. The maximum atomic E-state index is 14.6. The molecule has 2 N–H and O–H groups in total. The molecule has 0 aliphatic heterocycles. The van der Waals surface area contributed by atoms with Crippen LogP contribution < -0.4 is 5.32 Å². The predicted molar refractivity (Wildman–Crippen MR) is 116 cm³/mol. The van der Waals surface area contributed by atoms with Crippen molar-refractivity contribution in [1.82, 2.24) is 5.32 Å². The van der Waals surface area contributed by atoms with Gasteiger partial charge in [0.15, 0.2) is 0 Å². The number of benzene rings is 3. The van der Waals surface area contributed by atoms with Crippen LogP contribution in [0.1, 0.15) is 22.3 Å². The molecular weight excluding hydrogens is 454 g/mol. The summed E-state index contributed by atoms with van der Waals surface area (Å²) in [6, 6.07) is 15.5. The van der Waals surface area contributed by atoms with Crippen LogP contribution in [-0.4, -0.2) is 23.6 Å². The van der Waals surface area contributed by atoms with E-state index in [4.69, 9.17) is 9.84 Å². The van der Waals surface area contributed by atoms with Crippen LogP contribution in [0.4, 0.5) is 17.6 Å². The van der Waals surface area contributed by atoms with Gasteiger partial charge in [-0.25, -0.2) is 4.39 Å². The first kappa shape index (κ1) is 24.9. The topological polar surface area (TPSA) is 75.6 Å². The third kappa shape index (κ3) is 6.89. The van der Waals surface area contributed by atoms with Gasteiger partial charge in [0.2, 0.25) is 0 Å². The lowest BCUT2D eigenvalue weighted by Crippen LogP contribution is -2.24. The number of ether oxygens (including phenoxy) is 1. The Hall–Kier alpha value is -3.72. The van der Waals surface area contributed by atoms with E-state index in [1.807, 2.05) is 6.07 Å². The molecule has 0 saturated heterocycles. The van der Waals surface area contributed by atoms with Crippen molar-refractivity contribution >= 4 is 11.9 Å². The number of halogens is 4. The zero-order valence-corrected chi connectivity index (χ0v) is 17.9. The van der Waals surface area contributed by atoms with Gasteiger partial charge in [-0.15, -0.1) is 0 Å². The third-order valence-corrected chi connectivity index (χ3v) is 4.94. The number of alkyl halides is 3. The van der Waals surface area contributed by atoms with E-state index in [1.54, 1.807) is 24.3 Å². The molecular formula is C25H21F4NO4. The van der Waals surface area contributed by atoms with Gasteiger partial charge in [0.25, 0.3) is 0 Å². The molecule has 0 radical (unpaired) electrons. The number of esters is 1. The Morgan fingerprint density at radius 2 is 1.65 bits per heavy atom. The van der Waals surface area contributed by atoms with Crippen molar-refractivity contribution in [1.29, 1.82) is 0 Å². The Kier molecular flexibility index (Phi) is 8.01. The fraction of sp³-hybridized carbons (Fsp3) is 0.200. The zero-order chi connectivity index (χ0) is 24.7. The fourth-order valence-corrected chi connectivity index (χ4v) is 3.33. The highest BCUT2D eigenvalue weighted by atomic mass is 19.4. The molecule has 0 saturated carbocycles. The van der Waals surface area contributed by atoms with Gasteiger partial charge in [0, 0.05) is 12.1 Å². The van der Waals surface area contributed by atoms with Crippen molar-refractivity contribution in [3.63, 3.8) is 0 Å². The van der Waals surface area contributed by atoms with E-state index in [1.165, 1.54) is 12.1 Å². The highest BCUT2D eigenvalue weighted by Crippen LogP contribution is 2.34. The van der Waals surface area contributed by atoms with Crippen LogP contribution in [0.25, 0.3) is 11.1 Å². The van der Waals surface area contributed by atoms with E-state index >= 15 is 0 Å². The summed E-state index contributed by atoms with van der Waals surface area (Å²) in [7, 11) is 0. The molecule has 9 heteroatoms. The van der Waals surface area contributed by atoms with Gasteiger partial charge in [0.05, 0.1) is 18.5 Å². The molecule has 3 aromatic rings. The molecule has 0 fully saturated rings. The molecule has 34 heavy (non-hydrogen) atoms. The first-order chi connectivity index (χ1) is 16.1. The van der Waals surface area contributed by atoms with Crippen molar-refractivity contribution in [2.75, 3.05) is 6.54 Å². The lowest BCUT2D eigenvalue weighted by atomic mass is 9.95. The standard InChI is InChI=1S/C25H21F4NO4/c26-22-9-6-17(11-23(31)32)10-21(22)20-8-7-19(25(27,28)29)12-18(20)13-30-14-24(33)34-15-16-4-2-1-3-5-16/h1-10,12,30H,11,13-15H2,(H,31,32). The lowest BCUT2D eigenvalue weighted by Gasteiger charge is -2.16. The maximum absolute atomic E-state index is 14.6. The molecule has 0 spiro atoms. The fourth-order valence-electron chi connectivity index (χ4n) is 3.33. The third-order valence-electron chi connectivity index (χ3n) is 4.94. The van der Waals surface area contributed by atoms with Gasteiger partial charge in [-0.1, -0.05) is 42.5 Å². The summed E-state index contributed by atoms with van der Waals surface area (Å²) >= 11 is 0. The maximum Gasteiger partial charge on any atom is 0.416 e. The number of aliphatic carboxylic acids is 1. The second kappa shape index (κ2) is 10.9. The Morgan fingerprint density at radius 3 is 2.32 bits per heavy atom. The molecule has 0 atom stereocenters. The van der Waals surface area contributed by atoms with Crippen molar-refractivity contribution in [2.24, 2.45) is 0 Å². The Bertz CT molecular complexity index is 1160. The molecule has 0 unspecified atom stereocenters. The van der Waals surface area contributed by atoms with Crippen LogP contribution in [0, 0.1) is 5.82 Å². The predicted octanol–water partition coefficient (Wildman–Crippen LogP) is 4.97. The monoisotopic (exact) mass is 475 g/mol. The Balaban J connectivity index is 1.78. The van der Waals surface area contributed by atoms with E-state index in [0.717, 1.165) is 29.8 Å². The van der Waals surface area contributed by atoms with Crippen LogP contribution in [0.3, 0.4) is 0 Å². The van der Waals surface area contributed by atoms with Crippen LogP contribution in [-0.2, 0) is 40.1 Å². The number of hydrogen-bond donors (Lipinski definition) is 2.